The molecule has 1 heterocycles. The summed E-state index contributed by atoms with van der Waals surface area (Å²) in [4.78, 5) is 36.4. The van der Waals surface area contributed by atoms with Gasteiger partial charge in [0.25, 0.3) is 0 Å². The van der Waals surface area contributed by atoms with Crippen LogP contribution in [-0.4, -0.2) is 58.6 Å². The van der Waals surface area contributed by atoms with Crippen LogP contribution in [0.5, 0.6) is 17.2 Å². The molecule has 1 aliphatic heterocycles. The third kappa shape index (κ3) is 8.41. The van der Waals surface area contributed by atoms with Crippen LogP contribution in [0.1, 0.15) is 80.2 Å². The molecule has 0 bridgehead atoms. The zero-order valence-electron chi connectivity index (χ0n) is 34.0. The summed E-state index contributed by atoms with van der Waals surface area (Å²) in [6, 6.07) is 32.4. The molecule has 1 unspecified atom stereocenters. The predicted molar refractivity (Wildman–Crippen MR) is 224 cm³/mol. The molecule has 10 heteroatoms. The number of methoxy groups -OCH3 is 2. The van der Waals surface area contributed by atoms with E-state index in [9.17, 15) is 14.4 Å². The van der Waals surface area contributed by atoms with Gasteiger partial charge in [-0.05, 0) is 85.5 Å². The van der Waals surface area contributed by atoms with E-state index in [-0.39, 0.29) is 38.6 Å². The van der Waals surface area contributed by atoms with Gasteiger partial charge in [0.05, 0.1) is 46.9 Å². The number of carbonyl (C=O) groups is 3. The number of rotatable bonds is 18. The number of benzene rings is 5. The molecule has 0 radical (unpaired) electrons. The first-order valence-corrected chi connectivity index (χ1v) is 20.2. The highest BCUT2D eigenvalue weighted by Crippen LogP contribution is 2.58. The van der Waals surface area contributed by atoms with Crippen LogP contribution < -0.4 is 14.2 Å². The molecule has 0 saturated carbocycles. The summed E-state index contributed by atoms with van der Waals surface area (Å²) in [6.45, 7) is 4.54. The molecule has 1 aliphatic carbocycles. The van der Waals surface area contributed by atoms with E-state index < -0.39 is 23.1 Å². The van der Waals surface area contributed by atoms with Gasteiger partial charge in [-0.15, -0.1) is 0 Å². The Labute approximate surface area is 345 Å². The van der Waals surface area contributed by atoms with Crippen LogP contribution >= 0.6 is 0 Å². The first-order valence-electron chi connectivity index (χ1n) is 20.2. The van der Waals surface area contributed by atoms with Crippen molar-refractivity contribution in [1.82, 2.24) is 0 Å². The molecule has 0 N–H and O–H groups in total. The van der Waals surface area contributed by atoms with Crippen LogP contribution in [0.3, 0.4) is 0 Å². The topological polar surface area (TPSA) is 116 Å². The minimum Gasteiger partial charge on any atom is -0.497 e. The highest BCUT2D eigenvalue weighted by atomic mass is 16.6. The molecule has 10 nitrogen and oxygen atoms in total. The van der Waals surface area contributed by atoms with Gasteiger partial charge < -0.3 is 33.2 Å². The Balaban J connectivity index is 1.11. The summed E-state index contributed by atoms with van der Waals surface area (Å²) >= 11 is 0. The summed E-state index contributed by atoms with van der Waals surface area (Å²) < 4.78 is 40.9. The van der Waals surface area contributed by atoms with Crippen molar-refractivity contribution >= 4 is 34.8 Å². The summed E-state index contributed by atoms with van der Waals surface area (Å²) in [6.07, 6.45) is 6.45. The molecule has 5 aromatic carbocycles. The average molecular weight is 799 g/mol. The van der Waals surface area contributed by atoms with Gasteiger partial charge in [-0.3, -0.25) is 14.4 Å². The van der Waals surface area contributed by atoms with Gasteiger partial charge in [-0.25, -0.2) is 0 Å². The fourth-order valence-corrected chi connectivity index (χ4v) is 8.14. The number of hydrogen-bond donors (Lipinski definition) is 0. The zero-order valence-corrected chi connectivity index (χ0v) is 34.0. The molecule has 0 spiro atoms. The van der Waals surface area contributed by atoms with E-state index in [0.717, 1.165) is 73.4 Å². The van der Waals surface area contributed by atoms with Crippen LogP contribution in [0.2, 0.25) is 0 Å². The molecule has 2 aliphatic rings. The second-order valence-electron chi connectivity index (χ2n) is 14.7. The Kier molecular flexibility index (Phi) is 12.7. The molecule has 5 aromatic rings. The first kappa shape index (κ1) is 41.0. The third-order valence-electron chi connectivity index (χ3n) is 11.0. The van der Waals surface area contributed by atoms with Crippen LogP contribution in [0, 0.1) is 0 Å². The van der Waals surface area contributed by atoms with Gasteiger partial charge in [0.1, 0.15) is 29.5 Å². The quantitative estimate of drug-likeness (QED) is 0.0482. The number of esters is 3. The van der Waals surface area contributed by atoms with Crippen molar-refractivity contribution in [3.8, 4) is 28.4 Å². The fraction of sp³-hybridized carbons (Fsp3) is 0.327. The average Bonchev–Trinajstić information content (AvgIpc) is 3.54. The summed E-state index contributed by atoms with van der Waals surface area (Å²) in [5.74, 6) is 1.02. The van der Waals surface area contributed by atoms with Crippen molar-refractivity contribution < 1.29 is 47.5 Å². The summed E-state index contributed by atoms with van der Waals surface area (Å²) in [5.41, 5.74) is 4.94. The predicted octanol–water partition coefficient (Wildman–Crippen LogP) is 9.46. The minimum absolute atomic E-state index is 0.00159. The van der Waals surface area contributed by atoms with Crippen LogP contribution in [0.4, 0.5) is 0 Å². The lowest BCUT2D eigenvalue weighted by Crippen LogP contribution is -2.35. The van der Waals surface area contributed by atoms with Gasteiger partial charge in [-0.1, -0.05) is 78.9 Å². The third-order valence-corrected chi connectivity index (χ3v) is 11.0. The summed E-state index contributed by atoms with van der Waals surface area (Å²) in [5, 5.41) is 2.00. The molecule has 0 saturated heterocycles. The molecular weight excluding hydrogens is 749 g/mol. The Morgan fingerprint density at radius 1 is 0.627 bits per heavy atom. The zero-order chi connectivity index (χ0) is 41.4. The highest BCUT2D eigenvalue weighted by molar-refractivity contribution is 6.08. The van der Waals surface area contributed by atoms with E-state index in [1.54, 1.807) is 21.1 Å². The Hall–Kier alpha value is -6.13. The highest BCUT2D eigenvalue weighted by Gasteiger charge is 2.47. The lowest BCUT2D eigenvalue weighted by molar-refractivity contribution is -0.152. The van der Waals surface area contributed by atoms with Crippen molar-refractivity contribution in [2.75, 3.05) is 40.6 Å². The summed E-state index contributed by atoms with van der Waals surface area (Å²) in [7, 11) is 3.30. The standard InChI is InChI=1S/C49H50O10/c1-5-55-42(50)17-7-6-12-30-56-43(51)26-27-44(52)57-31-32-58-48(2)41-16-11-10-15-39(41)45-37-13-8-9-14-38(37)47-40(46(45)48)28-29-49(59-47,33-18-22-35(53-3)23-19-33)34-20-24-36(54-4)25-21-34/h8-11,13-16,18-25,28-29H,5-7,12,17,26-27,30-32H2,1-4H3. The molecule has 0 aromatic heterocycles. The van der Waals surface area contributed by atoms with Gasteiger partial charge in [0.2, 0.25) is 0 Å². The normalized spacial score (nSPS) is 15.7. The molecule has 7 rings (SSSR count). The first-order chi connectivity index (χ1) is 28.7. The van der Waals surface area contributed by atoms with Gasteiger partial charge in [-0.2, -0.15) is 0 Å². The van der Waals surface area contributed by atoms with Crippen molar-refractivity contribution in [2.24, 2.45) is 0 Å². The minimum atomic E-state index is -0.989. The lowest BCUT2D eigenvalue weighted by Gasteiger charge is -2.39. The number of hydrogen-bond acceptors (Lipinski definition) is 10. The smallest absolute Gasteiger partial charge is 0.306 e. The fourth-order valence-electron chi connectivity index (χ4n) is 8.14. The van der Waals surface area contributed by atoms with E-state index in [2.05, 4.69) is 43.3 Å². The van der Waals surface area contributed by atoms with Crippen LogP contribution in [0.25, 0.3) is 28.0 Å². The van der Waals surface area contributed by atoms with E-state index in [4.69, 9.17) is 33.2 Å². The Morgan fingerprint density at radius 2 is 1.22 bits per heavy atom. The SMILES string of the molecule is CCOC(=O)CCCCCOC(=O)CCC(=O)OCCOC1(C)c2ccccc2-c2c1c1c(c3ccccc23)OC(c2ccc(OC)cc2)(c2ccc(OC)cc2)C=C1. The van der Waals surface area contributed by atoms with Crippen molar-refractivity contribution in [3.05, 3.63) is 131 Å². The number of carbonyl (C=O) groups excluding carboxylic acids is 3. The van der Waals surface area contributed by atoms with Gasteiger partial charge in [0, 0.05) is 34.1 Å². The van der Waals surface area contributed by atoms with Gasteiger partial charge in [0.15, 0.2) is 5.60 Å². The number of unbranched alkanes of at least 4 members (excludes halogenated alkanes) is 2. The van der Waals surface area contributed by atoms with Crippen molar-refractivity contribution in [1.29, 1.82) is 0 Å². The van der Waals surface area contributed by atoms with E-state index in [0.29, 0.717) is 25.9 Å². The van der Waals surface area contributed by atoms with Gasteiger partial charge >= 0.3 is 17.9 Å². The van der Waals surface area contributed by atoms with E-state index in [1.807, 2.05) is 72.8 Å². The number of fused-ring (bicyclic) bond motifs is 8. The van der Waals surface area contributed by atoms with Crippen molar-refractivity contribution in [3.63, 3.8) is 0 Å². The molecule has 0 amide bonds. The van der Waals surface area contributed by atoms with E-state index >= 15 is 0 Å². The molecule has 59 heavy (non-hydrogen) atoms. The molecular formula is C49H50O10. The maximum atomic E-state index is 12.7. The van der Waals surface area contributed by atoms with E-state index in [1.165, 1.54) is 0 Å². The maximum absolute atomic E-state index is 12.7. The second-order valence-corrected chi connectivity index (χ2v) is 14.7. The second kappa shape index (κ2) is 18.2. The van der Waals surface area contributed by atoms with Crippen molar-refractivity contribution in [2.45, 2.75) is 63.6 Å². The number of ether oxygens (including phenoxy) is 7. The molecule has 0 fully saturated rings. The molecule has 306 valence electrons. The Bertz CT molecular complexity index is 2280. The lowest BCUT2D eigenvalue weighted by atomic mass is 9.80. The van der Waals surface area contributed by atoms with Crippen LogP contribution in [0.15, 0.2) is 103 Å². The monoisotopic (exact) mass is 798 g/mol. The Morgan fingerprint density at radius 3 is 1.86 bits per heavy atom. The van der Waals surface area contributed by atoms with Crippen LogP contribution in [-0.2, 0) is 44.5 Å². The molecule has 1 atom stereocenters. The largest absolute Gasteiger partial charge is 0.497 e. The maximum Gasteiger partial charge on any atom is 0.306 e.